The van der Waals surface area contributed by atoms with Crippen LogP contribution in [-0.2, 0) is 21.4 Å². The van der Waals surface area contributed by atoms with Gasteiger partial charge in [0.2, 0.25) is 15.9 Å². The number of nitrogens with one attached hydrogen (secondary N) is 1. The molecule has 2 aromatic rings. The molecule has 2 atom stereocenters. The van der Waals surface area contributed by atoms with Gasteiger partial charge in [0.15, 0.2) is 0 Å². The van der Waals surface area contributed by atoms with E-state index in [0.717, 1.165) is 30.5 Å². The fraction of sp³-hybridized carbons (Fsp3) is 0.440. The zero-order chi connectivity index (χ0) is 23.4. The number of benzene rings is 2. The van der Waals surface area contributed by atoms with Crippen LogP contribution in [0, 0.1) is 0 Å². The zero-order valence-corrected chi connectivity index (χ0v) is 19.8. The molecule has 33 heavy (non-hydrogen) atoms. The summed E-state index contributed by atoms with van der Waals surface area (Å²) in [4.78, 5) is 25.9. The summed E-state index contributed by atoms with van der Waals surface area (Å²) < 4.78 is 28.4. The van der Waals surface area contributed by atoms with E-state index >= 15 is 0 Å². The third-order valence-electron chi connectivity index (χ3n) is 6.59. The second-order valence-corrected chi connectivity index (χ2v) is 10.9. The van der Waals surface area contributed by atoms with Crippen LogP contribution in [0.2, 0.25) is 0 Å². The van der Waals surface area contributed by atoms with Gasteiger partial charge >= 0.3 is 0 Å². The van der Waals surface area contributed by atoms with E-state index in [4.69, 9.17) is 0 Å². The minimum absolute atomic E-state index is 0.0776. The van der Waals surface area contributed by atoms with E-state index in [9.17, 15) is 18.0 Å². The molecule has 1 N–H and O–H groups in total. The number of sulfonamides is 1. The molecule has 4 rings (SSSR count). The summed E-state index contributed by atoms with van der Waals surface area (Å²) in [6.45, 7) is 3.93. The Morgan fingerprint density at radius 3 is 2.45 bits per heavy atom. The molecule has 8 heteroatoms. The van der Waals surface area contributed by atoms with Gasteiger partial charge in [0.05, 0.1) is 0 Å². The van der Waals surface area contributed by atoms with Gasteiger partial charge in [0.1, 0.15) is 5.25 Å². The summed E-state index contributed by atoms with van der Waals surface area (Å²) in [6, 6.07) is 16.4. The Bertz CT molecular complexity index is 1090. The molecular formula is C25H31N3O4S. The first-order valence-electron chi connectivity index (χ1n) is 11.6. The molecule has 2 amide bonds. The lowest BCUT2D eigenvalue weighted by atomic mass is 10.0. The number of nitrogens with zero attached hydrogens (tertiary/aromatic N) is 2. The van der Waals surface area contributed by atoms with Crippen LogP contribution in [0.4, 0.5) is 0 Å². The molecule has 0 radical (unpaired) electrons. The minimum Gasteiger partial charge on any atom is -0.350 e. The number of likely N-dealkylation sites (tertiary alicyclic amines) is 1. The van der Waals surface area contributed by atoms with E-state index in [1.807, 2.05) is 49.4 Å². The average Bonchev–Trinajstić information content (AvgIpc) is 3.22. The predicted molar refractivity (Wildman–Crippen MR) is 127 cm³/mol. The van der Waals surface area contributed by atoms with Crippen LogP contribution in [0.1, 0.15) is 59.3 Å². The normalized spacial score (nSPS) is 22.9. The fourth-order valence-electron chi connectivity index (χ4n) is 4.64. The maximum Gasteiger partial charge on any atom is 0.251 e. The topological polar surface area (TPSA) is 86.8 Å². The molecule has 0 aromatic heterocycles. The van der Waals surface area contributed by atoms with Gasteiger partial charge < -0.3 is 10.2 Å². The summed E-state index contributed by atoms with van der Waals surface area (Å²) in [5, 5.41) is 2.33. The standard InChI is InChI=1S/C25H31N3O4S/c1-19-9-14-23(21-6-3-2-4-7-21)33(31,32)28(19)18-20-10-12-22(13-11-20)25(30)26-15-17-27-16-5-8-24(27)29/h2-4,6-7,10-13,19,23H,5,8-9,14-18H2,1H3,(H,26,30)/t19-,23?/m0/s1. The highest BCUT2D eigenvalue weighted by molar-refractivity contribution is 7.89. The third kappa shape index (κ3) is 5.28. The Kier molecular flexibility index (Phi) is 7.14. The molecule has 0 aliphatic carbocycles. The van der Waals surface area contributed by atoms with Crippen molar-refractivity contribution < 1.29 is 18.0 Å². The average molecular weight is 470 g/mol. The molecule has 2 saturated heterocycles. The van der Waals surface area contributed by atoms with Crippen LogP contribution in [0.25, 0.3) is 0 Å². The van der Waals surface area contributed by atoms with Gasteiger partial charge in [-0.15, -0.1) is 0 Å². The number of hydrogen-bond donors (Lipinski definition) is 1. The Balaban J connectivity index is 1.38. The van der Waals surface area contributed by atoms with E-state index in [1.165, 1.54) is 0 Å². The predicted octanol–water partition coefficient (Wildman–Crippen LogP) is 3.09. The van der Waals surface area contributed by atoms with E-state index < -0.39 is 15.3 Å². The van der Waals surface area contributed by atoms with Crippen LogP contribution in [0.5, 0.6) is 0 Å². The third-order valence-corrected chi connectivity index (χ3v) is 8.96. The molecule has 176 valence electrons. The number of rotatable bonds is 7. The van der Waals surface area contributed by atoms with Crippen molar-refractivity contribution in [2.45, 2.75) is 50.4 Å². The summed E-state index contributed by atoms with van der Waals surface area (Å²) in [5.41, 5.74) is 2.19. The second-order valence-electron chi connectivity index (χ2n) is 8.85. The van der Waals surface area contributed by atoms with Gasteiger partial charge in [-0.2, -0.15) is 4.31 Å². The number of carbonyl (C=O) groups excluding carboxylic acids is 2. The molecule has 0 bridgehead atoms. The minimum atomic E-state index is -3.49. The Morgan fingerprint density at radius 2 is 1.79 bits per heavy atom. The molecule has 0 spiro atoms. The lowest BCUT2D eigenvalue weighted by molar-refractivity contribution is -0.127. The molecule has 2 heterocycles. The fourth-order valence-corrected chi connectivity index (χ4v) is 6.84. The smallest absolute Gasteiger partial charge is 0.251 e. The lowest BCUT2D eigenvalue weighted by Crippen LogP contribution is -2.44. The Morgan fingerprint density at radius 1 is 1.06 bits per heavy atom. The molecule has 7 nitrogen and oxygen atoms in total. The van der Waals surface area contributed by atoms with Crippen molar-refractivity contribution in [3.63, 3.8) is 0 Å². The van der Waals surface area contributed by atoms with E-state index in [1.54, 1.807) is 21.3 Å². The van der Waals surface area contributed by atoms with Crippen molar-refractivity contribution in [3.05, 3.63) is 71.3 Å². The molecule has 2 fully saturated rings. The first-order chi connectivity index (χ1) is 15.9. The summed E-state index contributed by atoms with van der Waals surface area (Å²) in [7, 11) is -3.49. The van der Waals surface area contributed by atoms with Crippen molar-refractivity contribution in [2.24, 2.45) is 0 Å². The van der Waals surface area contributed by atoms with Crippen LogP contribution in [-0.4, -0.2) is 55.1 Å². The molecule has 1 unspecified atom stereocenters. The lowest BCUT2D eigenvalue weighted by Gasteiger charge is -2.37. The van der Waals surface area contributed by atoms with Gasteiger partial charge in [-0.3, -0.25) is 9.59 Å². The van der Waals surface area contributed by atoms with E-state index in [-0.39, 0.29) is 24.4 Å². The quantitative estimate of drug-likeness (QED) is 0.675. The van der Waals surface area contributed by atoms with Gasteiger partial charge in [0.25, 0.3) is 5.91 Å². The van der Waals surface area contributed by atoms with Crippen LogP contribution < -0.4 is 5.32 Å². The largest absolute Gasteiger partial charge is 0.350 e. The molecule has 0 saturated carbocycles. The Hall–Kier alpha value is -2.71. The van der Waals surface area contributed by atoms with Gasteiger partial charge in [-0.05, 0) is 49.4 Å². The first kappa shape index (κ1) is 23.4. The van der Waals surface area contributed by atoms with Gasteiger partial charge in [-0.1, -0.05) is 42.5 Å². The molecule has 2 aliphatic rings. The molecule has 2 aromatic carbocycles. The summed E-state index contributed by atoms with van der Waals surface area (Å²) in [6.07, 6.45) is 2.89. The van der Waals surface area contributed by atoms with Crippen molar-refractivity contribution in [1.82, 2.24) is 14.5 Å². The number of amides is 2. The summed E-state index contributed by atoms with van der Waals surface area (Å²) in [5.74, 6) is -0.0544. The number of hydrogen-bond acceptors (Lipinski definition) is 4. The van der Waals surface area contributed by atoms with Crippen molar-refractivity contribution >= 4 is 21.8 Å². The molecular weight excluding hydrogens is 438 g/mol. The van der Waals surface area contributed by atoms with Gasteiger partial charge in [0, 0.05) is 44.2 Å². The van der Waals surface area contributed by atoms with Crippen LogP contribution in [0.15, 0.2) is 54.6 Å². The Labute approximate surface area is 195 Å². The molecule has 2 aliphatic heterocycles. The monoisotopic (exact) mass is 469 g/mol. The second kappa shape index (κ2) is 10.1. The number of carbonyl (C=O) groups is 2. The van der Waals surface area contributed by atoms with Crippen LogP contribution >= 0.6 is 0 Å². The van der Waals surface area contributed by atoms with E-state index in [0.29, 0.717) is 31.5 Å². The highest BCUT2D eigenvalue weighted by Gasteiger charge is 2.40. The SMILES string of the molecule is C[C@H]1CCC(c2ccccc2)S(=O)(=O)N1Cc1ccc(C(=O)NCCN2CCCC2=O)cc1. The van der Waals surface area contributed by atoms with Gasteiger partial charge in [-0.25, -0.2) is 8.42 Å². The van der Waals surface area contributed by atoms with Crippen molar-refractivity contribution in [1.29, 1.82) is 0 Å². The van der Waals surface area contributed by atoms with E-state index in [2.05, 4.69) is 5.32 Å². The first-order valence-corrected chi connectivity index (χ1v) is 13.1. The van der Waals surface area contributed by atoms with Crippen molar-refractivity contribution in [2.75, 3.05) is 19.6 Å². The maximum atomic E-state index is 13.4. The maximum absolute atomic E-state index is 13.4. The zero-order valence-electron chi connectivity index (χ0n) is 18.9. The van der Waals surface area contributed by atoms with Crippen molar-refractivity contribution in [3.8, 4) is 0 Å². The van der Waals surface area contributed by atoms with Crippen LogP contribution in [0.3, 0.4) is 0 Å². The summed E-state index contributed by atoms with van der Waals surface area (Å²) >= 11 is 0. The highest BCUT2D eigenvalue weighted by Crippen LogP contribution is 2.38. The highest BCUT2D eigenvalue weighted by atomic mass is 32.2.